The standard InChI is InChI=1S/C24H17N3O2.C4H10O.2CH2O/c1-29-23-13-12-22(24-20(23)6-4-14-25-24)27-21-7-3-2-5-18(21)10-8-17-9-11-19(16-28)26-15-17;1-3-4-5-2;2*1-2/h2-7,9,11-16,27H,1H3;3-4H2,1-2H3;2*1H2. The van der Waals surface area contributed by atoms with Crippen molar-refractivity contribution >= 4 is 42.1 Å². The molecule has 0 fully saturated rings. The SMILES string of the molecule is C=O.C=O.CCCOC.COc1ccc(Nc2ccccc2C#Cc2ccc(C=O)nc2)c2ncccc12. The van der Waals surface area contributed by atoms with Gasteiger partial charge in [-0.3, -0.25) is 14.8 Å². The zero-order valence-electron chi connectivity index (χ0n) is 21.8. The summed E-state index contributed by atoms with van der Waals surface area (Å²) in [4.78, 5) is 35.3. The Morgan fingerprint density at radius 3 is 2.26 bits per heavy atom. The second-order valence-electron chi connectivity index (χ2n) is 7.22. The molecule has 0 spiro atoms. The van der Waals surface area contributed by atoms with E-state index in [-0.39, 0.29) is 0 Å². The van der Waals surface area contributed by atoms with Gasteiger partial charge in [0, 0.05) is 42.6 Å². The zero-order chi connectivity index (χ0) is 28.2. The quantitative estimate of drug-likeness (QED) is 0.275. The van der Waals surface area contributed by atoms with E-state index in [1.54, 1.807) is 38.7 Å². The first kappa shape index (κ1) is 31.2. The third-order valence-electron chi connectivity index (χ3n) is 4.80. The van der Waals surface area contributed by atoms with E-state index in [4.69, 9.17) is 19.1 Å². The first-order chi connectivity index (χ1) is 18.7. The summed E-state index contributed by atoms with van der Waals surface area (Å²) >= 11 is 0. The van der Waals surface area contributed by atoms with Gasteiger partial charge in [-0.1, -0.05) is 30.9 Å². The summed E-state index contributed by atoms with van der Waals surface area (Å²) in [6.07, 6.45) is 5.18. The number of nitrogens with zero attached hydrogens (tertiary/aromatic N) is 2. The van der Waals surface area contributed by atoms with E-state index in [0.717, 1.165) is 52.2 Å². The van der Waals surface area contributed by atoms with Gasteiger partial charge in [0.15, 0.2) is 6.29 Å². The Balaban J connectivity index is 0.000000709. The monoisotopic (exact) mass is 513 g/mol. The molecule has 2 heterocycles. The molecular formula is C30H31N3O5. The number of carbonyl (C=O) groups is 3. The van der Waals surface area contributed by atoms with Gasteiger partial charge in [-0.2, -0.15) is 0 Å². The van der Waals surface area contributed by atoms with Crippen molar-refractivity contribution in [2.75, 3.05) is 26.1 Å². The van der Waals surface area contributed by atoms with Crippen LogP contribution in [0.15, 0.2) is 73.1 Å². The molecule has 0 unspecified atom stereocenters. The average Bonchev–Trinajstić information content (AvgIpc) is 3.00. The van der Waals surface area contributed by atoms with Crippen molar-refractivity contribution in [3.05, 3.63) is 89.9 Å². The lowest BCUT2D eigenvalue weighted by Crippen LogP contribution is -1.97. The van der Waals surface area contributed by atoms with Crippen molar-refractivity contribution in [3.8, 4) is 17.6 Å². The summed E-state index contributed by atoms with van der Waals surface area (Å²) in [5, 5.41) is 4.37. The molecule has 1 N–H and O–H groups in total. The van der Waals surface area contributed by atoms with Gasteiger partial charge in [-0.25, -0.2) is 0 Å². The molecule has 2 aromatic heterocycles. The normalized spacial score (nSPS) is 9.03. The Morgan fingerprint density at radius 1 is 0.895 bits per heavy atom. The molecule has 0 saturated carbocycles. The number of rotatable bonds is 6. The molecule has 2 aromatic carbocycles. The number of ether oxygens (including phenoxy) is 2. The molecule has 0 aliphatic rings. The predicted octanol–water partition coefficient (Wildman–Crippen LogP) is 5.27. The van der Waals surface area contributed by atoms with Crippen LogP contribution in [0.4, 0.5) is 11.4 Å². The molecule has 8 heteroatoms. The molecule has 4 aromatic rings. The van der Waals surface area contributed by atoms with Gasteiger partial charge < -0.3 is 24.4 Å². The van der Waals surface area contributed by atoms with Crippen LogP contribution in [0.3, 0.4) is 0 Å². The molecule has 38 heavy (non-hydrogen) atoms. The number of nitrogens with one attached hydrogen (secondary N) is 1. The second-order valence-corrected chi connectivity index (χ2v) is 7.22. The van der Waals surface area contributed by atoms with Gasteiger partial charge in [0.05, 0.1) is 24.0 Å². The zero-order valence-corrected chi connectivity index (χ0v) is 21.8. The van der Waals surface area contributed by atoms with Crippen LogP contribution >= 0.6 is 0 Å². The maximum atomic E-state index is 10.7. The Bertz CT molecular complexity index is 1330. The minimum absolute atomic E-state index is 0.386. The number of hydrogen-bond acceptors (Lipinski definition) is 8. The van der Waals surface area contributed by atoms with Crippen molar-refractivity contribution in [1.82, 2.24) is 9.97 Å². The molecule has 0 amide bonds. The van der Waals surface area contributed by atoms with Crippen molar-refractivity contribution in [2.24, 2.45) is 0 Å². The fraction of sp³-hybridized carbons (Fsp3) is 0.167. The molecule has 0 aliphatic heterocycles. The van der Waals surface area contributed by atoms with Gasteiger partial charge in [0.25, 0.3) is 0 Å². The van der Waals surface area contributed by atoms with Crippen LogP contribution in [0.2, 0.25) is 0 Å². The molecule has 8 nitrogen and oxygen atoms in total. The van der Waals surface area contributed by atoms with Crippen LogP contribution in [-0.4, -0.2) is 50.7 Å². The van der Waals surface area contributed by atoms with Crippen LogP contribution in [0.1, 0.15) is 35.0 Å². The molecular weight excluding hydrogens is 482 g/mol. The van der Waals surface area contributed by atoms with Gasteiger partial charge in [0.1, 0.15) is 25.0 Å². The third kappa shape index (κ3) is 9.30. The molecule has 0 radical (unpaired) electrons. The van der Waals surface area contributed by atoms with E-state index in [0.29, 0.717) is 12.0 Å². The number of anilines is 2. The van der Waals surface area contributed by atoms with E-state index in [1.807, 2.05) is 62.1 Å². The Hall–Kier alpha value is -4.87. The molecule has 0 saturated heterocycles. The predicted molar refractivity (Wildman–Crippen MR) is 150 cm³/mol. The summed E-state index contributed by atoms with van der Waals surface area (Å²) < 4.78 is 10.1. The van der Waals surface area contributed by atoms with Gasteiger partial charge >= 0.3 is 0 Å². The number of para-hydroxylation sites is 1. The molecule has 4 rings (SSSR count). The maximum Gasteiger partial charge on any atom is 0.168 e. The van der Waals surface area contributed by atoms with E-state index >= 15 is 0 Å². The lowest BCUT2D eigenvalue weighted by atomic mass is 10.1. The summed E-state index contributed by atoms with van der Waals surface area (Å²) in [6.45, 7) is 6.98. The van der Waals surface area contributed by atoms with Gasteiger partial charge in [-0.05, 0) is 55.0 Å². The second kappa shape index (κ2) is 18.4. The van der Waals surface area contributed by atoms with Crippen molar-refractivity contribution in [2.45, 2.75) is 13.3 Å². The number of pyridine rings is 2. The number of methoxy groups -OCH3 is 2. The fourth-order valence-electron chi connectivity index (χ4n) is 3.16. The summed E-state index contributed by atoms with van der Waals surface area (Å²) in [5.74, 6) is 7.04. The molecule has 0 bridgehead atoms. The van der Waals surface area contributed by atoms with Gasteiger partial charge in [-0.15, -0.1) is 0 Å². The molecule has 0 atom stereocenters. The lowest BCUT2D eigenvalue weighted by molar-refractivity contribution is -0.0987. The largest absolute Gasteiger partial charge is 0.496 e. The number of benzene rings is 2. The van der Waals surface area contributed by atoms with Crippen LogP contribution in [0, 0.1) is 11.8 Å². The Labute approximate surface area is 223 Å². The van der Waals surface area contributed by atoms with Crippen LogP contribution in [0.5, 0.6) is 5.75 Å². The highest BCUT2D eigenvalue weighted by atomic mass is 16.5. The smallest absolute Gasteiger partial charge is 0.168 e. The van der Waals surface area contributed by atoms with Crippen molar-refractivity contribution in [1.29, 1.82) is 0 Å². The number of fused-ring (bicyclic) bond motifs is 1. The van der Waals surface area contributed by atoms with Crippen LogP contribution in [-0.2, 0) is 14.3 Å². The fourth-order valence-corrected chi connectivity index (χ4v) is 3.16. The number of aromatic nitrogens is 2. The third-order valence-corrected chi connectivity index (χ3v) is 4.80. The molecule has 0 aliphatic carbocycles. The number of aldehydes is 1. The van der Waals surface area contributed by atoms with E-state index in [1.165, 1.54) is 0 Å². The van der Waals surface area contributed by atoms with Crippen LogP contribution < -0.4 is 10.1 Å². The topological polar surface area (TPSA) is 107 Å². The average molecular weight is 514 g/mol. The minimum atomic E-state index is 0.386. The van der Waals surface area contributed by atoms with E-state index in [9.17, 15) is 4.79 Å². The first-order valence-corrected chi connectivity index (χ1v) is 11.5. The summed E-state index contributed by atoms with van der Waals surface area (Å²) in [5.41, 5.74) is 4.52. The minimum Gasteiger partial charge on any atom is -0.496 e. The van der Waals surface area contributed by atoms with Crippen LogP contribution in [0.25, 0.3) is 10.9 Å². The van der Waals surface area contributed by atoms with Crippen molar-refractivity contribution in [3.63, 3.8) is 0 Å². The highest BCUT2D eigenvalue weighted by Crippen LogP contribution is 2.32. The molecule has 196 valence electrons. The van der Waals surface area contributed by atoms with Gasteiger partial charge in [0.2, 0.25) is 0 Å². The summed E-state index contributed by atoms with van der Waals surface area (Å²) in [6, 6.07) is 19.0. The lowest BCUT2D eigenvalue weighted by Gasteiger charge is -2.13. The Morgan fingerprint density at radius 2 is 1.66 bits per heavy atom. The van der Waals surface area contributed by atoms with E-state index < -0.39 is 0 Å². The first-order valence-electron chi connectivity index (χ1n) is 11.5. The maximum absolute atomic E-state index is 10.7. The summed E-state index contributed by atoms with van der Waals surface area (Å²) in [7, 11) is 3.36. The Kier molecular flexibility index (Phi) is 15.1. The number of carbonyl (C=O) groups excluding carboxylic acids is 3. The van der Waals surface area contributed by atoms with E-state index in [2.05, 4.69) is 34.0 Å². The van der Waals surface area contributed by atoms with Crippen molar-refractivity contribution < 1.29 is 23.9 Å². The number of hydrogen-bond donors (Lipinski definition) is 1. The highest BCUT2D eigenvalue weighted by molar-refractivity contribution is 5.96. The highest BCUT2D eigenvalue weighted by Gasteiger charge is 2.09.